The Balaban J connectivity index is 1.78. The number of thioether (sulfide) groups is 1. The highest BCUT2D eigenvalue weighted by Crippen LogP contribution is 2.31. The summed E-state index contributed by atoms with van der Waals surface area (Å²) in [5.74, 6) is 2.32. The molecule has 7 heteroatoms. The summed E-state index contributed by atoms with van der Waals surface area (Å²) >= 11 is 7.59. The summed E-state index contributed by atoms with van der Waals surface area (Å²) in [6.07, 6.45) is 0. The molecule has 3 rings (SSSR count). The molecule has 0 aliphatic carbocycles. The molecular weight excluding hydrogens is 422 g/mol. The third kappa shape index (κ3) is 5.40. The molecule has 0 aromatic heterocycles. The van der Waals surface area contributed by atoms with E-state index in [0.29, 0.717) is 33.5 Å². The molecule has 0 radical (unpaired) electrons. The van der Waals surface area contributed by atoms with Crippen LogP contribution in [0, 0.1) is 0 Å². The quantitative estimate of drug-likeness (QED) is 0.438. The second kappa shape index (κ2) is 10.3. The lowest BCUT2D eigenvalue weighted by Crippen LogP contribution is -2.13. The molecule has 156 valence electrons. The summed E-state index contributed by atoms with van der Waals surface area (Å²) in [5.41, 5.74) is 2.02. The molecule has 0 fully saturated rings. The second-order valence-electron chi connectivity index (χ2n) is 6.29. The molecule has 1 N–H and O–H groups in total. The molecule has 0 heterocycles. The zero-order valence-corrected chi connectivity index (χ0v) is 18.5. The molecule has 0 saturated heterocycles. The number of nitrogens with one attached hydrogen (secondary N) is 1. The van der Waals surface area contributed by atoms with Gasteiger partial charge in [-0.1, -0.05) is 11.6 Å². The average molecular weight is 444 g/mol. The van der Waals surface area contributed by atoms with Crippen molar-refractivity contribution in [1.29, 1.82) is 0 Å². The molecule has 0 aliphatic heterocycles. The highest BCUT2D eigenvalue weighted by Gasteiger charge is 2.14. The van der Waals surface area contributed by atoms with Gasteiger partial charge in [-0.15, -0.1) is 11.8 Å². The van der Waals surface area contributed by atoms with Gasteiger partial charge in [0.15, 0.2) is 0 Å². The van der Waals surface area contributed by atoms with Crippen LogP contribution >= 0.6 is 23.4 Å². The van der Waals surface area contributed by atoms with Gasteiger partial charge >= 0.3 is 0 Å². The first-order chi connectivity index (χ1) is 14.5. The minimum atomic E-state index is -0.237. The fourth-order valence-electron chi connectivity index (χ4n) is 2.82. The number of halogens is 1. The summed E-state index contributed by atoms with van der Waals surface area (Å²) in [7, 11) is 4.74. The predicted molar refractivity (Wildman–Crippen MR) is 122 cm³/mol. The van der Waals surface area contributed by atoms with Crippen LogP contribution in [0.3, 0.4) is 0 Å². The standard InChI is InChI=1S/C23H22ClNO4S/c1-27-18-7-10-20(22(13-18)29-3)25-23(26)15-4-11-21(28-2)16(12-15)14-30-19-8-5-17(24)6-9-19/h4-13H,14H2,1-3H3,(H,25,26). The number of carbonyl (C=O) groups excluding carboxylic acids is 1. The Morgan fingerprint density at radius 1 is 0.900 bits per heavy atom. The number of ether oxygens (including phenoxy) is 3. The van der Waals surface area contributed by atoms with Crippen molar-refractivity contribution in [1.82, 2.24) is 0 Å². The van der Waals surface area contributed by atoms with Crippen LogP contribution in [-0.4, -0.2) is 27.2 Å². The van der Waals surface area contributed by atoms with Crippen molar-refractivity contribution >= 4 is 35.0 Å². The molecule has 3 aromatic carbocycles. The second-order valence-corrected chi connectivity index (χ2v) is 7.77. The summed E-state index contributed by atoms with van der Waals surface area (Å²) in [6.45, 7) is 0. The zero-order valence-electron chi connectivity index (χ0n) is 16.9. The van der Waals surface area contributed by atoms with Gasteiger partial charge in [0.2, 0.25) is 0 Å². The van der Waals surface area contributed by atoms with E-state index in [9.17, 15) is 4.79 Å². The fraction of sp³-hybridized carbons (Fsp3) is 0.174. The highest BCUT2D eigenvalue weighted by atomic mass is 35.5. The third-order valence-electron chi connectivity index (χ3n) is 4.41. The van der Waals surface area contributed by atoms with E-state index in [-0.39, 0.29) is 5.91 Å². The molecule has 0 spiro atoms. The van der Waals surface area contributed by atoms with Gasteiger partial charge in [-0.3, -0.25) is 4.79 Å². The van der Waals surface area contributed by atoms with E-state index in [1.807, 2.05) is 30.3 Å². The molecular formula is C23H22ClNO4S. The van der Waals surface area contributed by atoms with Crippen molar-refractivity contribution in [3.63, 3.8) is 0 Å². The first-order valence-corrected chi connectivity index (χ1v) is 10.5. The number of amides is 1. The van der Waals surface area contributed by atoms with Crippen molar-refractivity contribution in [2.45, 2.75) is 10.6 Å². The van der Waals surface area contributed by atoms with Crippen molar-refractivity contribution in [3.8, 4) is 17.2 Å². The van der Waals surface area contributed by atoms with E-state index in [4.69, 9.17) is 25.8 Å². The molecule has 0 bridgehead atoms. The Labute approximate surface area is 185 Å². The maximum Gasteiger partial charge on any atom is 0.255 e. The smallest absolute Gasteiger partial charge is 0.255 e. The van der Waals surface area contributed by atoms with Gasteiger partial charge < -0.3 is 19.5 Å². The van der Waals surface area contributed by atoms with Crippen LogP contribution in [0.5, 0.6) is 17.2 Å². The molecule has 5 nitrogen and oxygen atoms in total. The lowest BCUT2D eigenvalue weighted by atomic mass is 10.1. The lowest BCUT2D eigenvalue weighted by Gasteiger charge is -2.13. The van der Waals surface area contributed by atoms with Gasteiger partial charge in [-0.05, 0) is 54.6 Å². The summed E-state index contributed by atoms with van der Waals surface area (Å²) < 4.78 is 16.0. The van der Waals surface area contributed by atoms with Crippen molar-refractivity contribution in [2.75, 3.05) is 26.6 Å². The minimum Gasteiger partial charge on any atom is -0.497 e. The van der Waals surface area contributed by atoms with Gasteiger partial charge in [0, 0.05) is 32.9 Å². The van der Waals surface area contributed by atoms with Gasteiger partial charge in [-0.2, -0.15) is 0 Å². The van der Waals surface area contributed by atoms with Gasteiger partial charge in [-0.25, -0.2) is 0 Å². The Bertz CT molecular complexity index is 1020. The SMILES string of the molecule is COc1ccc(NC(=O)c2ccc(OC)c(CSc3ccc(Cl)cc3)c2)c(OC)c1. The Morgan fingerprint density at radius 2 is 1.63 bits per heavy atom. The molecule has 3 aromatic rings. The number of benzene rings is 3. The molecule has 0 atom stereocenters. The van der Waals surface area contributed by atoms with E-state index in [0.717, 1.165) is 16.2 Å². The van der Waals surface area contributed by atoms with Crippen LogP contribution in [0.15, 0.2) is 65.6 Å². The van der Waals surface area contributed by atoms with Gasteiger partial charge in [0.05, 0.1) is 27.0 Å². The number of carbonyl (C=O) groups is 1. The lowest BCUT2D eigenvalue weighted by molar-refractivity contribution is 0.102. The Morgan fingerprint density at radius 3 is 2.30 bits per heavy atom. The Kier molecular flexibility index (Phi) is 7.49. The summed E-state index contributed by atoms with van der Waals surface area (Å²) in [4.78, 5) is 13.9. The number of rotatable bonds is 8. The third-order valence-corrected chi connectivity index (χ3v) is 5.72. The maximum atomic E-state index is 12.8. The topological polar surface area (TPSA) is 56.8 Å². The monoisotopic (exact) mass is 443 g/mol. The van der Waals surface area contributed by atoms with E-state index in [1.165, 1.54) is 0 Å². The van der Waals surface area contributed by atoms with Crippen molar-refractivity contribution < 1.29 is 19.0 Å². The number of methoxy groups -OCH3 is 3. The van der Waals surface area contributed by atoms with E-state index in [1.54, 1.807) is 63.4 Å². The summed E-state index contributed by atoms with van der Waals surface area (Å²) in [6, 6.07) is 18.2. The van der Waals surface area contributed by atoms with E-state index >= 15 is 0 Å². The fourth-order valence-corrected chi connectivity index (χ4v) is 3.82. The van der Waals surface area contributed by atoms with Crippen molar-refractivity contribution in [3.05, 3.63) is 76.8 Å². The first kappa shape index (κ1) is 21.9. The zero-order chi connectivity index (χ0) is 21.5. The summed E-state index contributed by atoms with van der Waals surface area (Å²) in [5, 5.41) is 3.59. The maximum absolute atomic E-state index is 12.8. The molecule has 1 amide bonds. The van der Waals surface area contributed by atoms with E-state index < -0.39 is 0 Å². The first-order valence-electron chi connectivity index (χ1n) is 9.12. The Hall–Kier alpha value is -2.83. The number of hydrogen-bond acceptors (Lipinski definition) is 5. The average Bonchev–Trinajstić information content (AvgIpc) is 2.78. The predicted octanol–water partition coefficient (Wildman–Crippen LogP) is 5.91. The van der Waals surface area contributed by atoms with E-state index in [2.05, 4.69) is 5.32 Å². The number of hydrogen-bond donors (Lipinski definition) is 1. The molecule has 0 aliphatic rings. The molecule has 30 heavy (non-hydrogen) atoms. The number of anilines is 1. The molecule has 0 saturated carbocycles. The van der Waals surface area contributed by atoms with Crippen LogP contribution in [-0.2, 0) is 5.75 Å². The normalized spacial score (nSPS) is 10.4. The van der Waals surface area contributed by atoms with Crippen LogP contribution in [0.4, 0.5) is 5.69 Å². The van der Waals surface area contributed by atoms with Crippen LogP contribution in [0.1, 0.15) is 15.9 Å². The van der Waals surface area contributed by atoms with Crippen molar-refractivity contribution in [2.24, 2.45) is 0 Å². The highest BCUT2D eigenvalue weighted by molar-refractivity contribution is 7.98. The minimum absolute atomic E-state index is 0.237. The van der Waals surface area contributed by atoms with Crippen LogP contribution in [0.25, 0.3) is 0 Å². The largest absolute Gasteiger partial charge is 0.497 e. The van der Waals surface area contributed by atoms with Crippen LogP contribution in [0.2, 0.25) is 5.02 Å². The molecule has 0 unspecified atom stereocenters. The van der Waals surface area contributed by atoms with Crippen LogP contribution < -0.4 is 19.5 Å². The van der Waals surface area contributed by atoms with Gasteiger partial charge in [0.1, 0.15) is 17.2 Å². The van der Waals surface area contributed by atoms with Gasteiger partial charge in [0.25, 0.3) is 5.91 Å².